The molecule has 1 atom stereocenters. The molecule has 2 saturated heterocycles. The summed E-state index contributed by atoms with van der Waals surface area (Å²) in [6.45, 7) is 10.2. The summed E-state index contributed by atoms with van der Waals surface area (Å²) in [6, 6.07) is 6.53. The summed E-state index contributed by atoms with van der Waals surface area (Å²) in [5, 5.41) is 4.08. The van der Waals surface area contributed by atoms with Gasteiger partial charge >= 0.3 is 6.01 Å². The highest BCUT2D eigenvalue weighted by molar-refractivity contribution is 5.95. The lowest BCUT2D eigenvalue weighted by atomic mass is 9.92. The summed E-state index contributed by atoms with van der Waals surface area (Å²) in [5.74, 6) is 2.66. The Kier molecular flexibility index (Phi) is 8.08. The number of hydrogen-bond donors (Lipinski definition) is 1. The average molecular weight is 470 g/mol. The van der Waals surface area contributed by atoms with E-state index in [9.17, 15) is 4.79 Å². The van der Waals surface area contributed by atoms with E-state index < -0.39 is 0 Å². The lowest BCUT2D eigenvalue weighted by Crippen LogP contribution is -2.45. The van der Waals surface area contributed by atoms with E-state index in [4.69, 9.17) is 15.0 Å². The molecule has 4 rings (SSSR count). The molecule has 2 fully saturated rings. The van der Waals surface area contributed by atoms with Crippen molar-refractivity contribution < 1.29 is 14.1 Å². The van der Waals surface area contributed by atoms with E-state index >= 15 is 0 Å². The number of anilines is 1. The Labute approximate surface area is 202 Å². The third-order valence-electron chi connectivity index (χ3n) is 7.03. The van der Waals surface area contributed by atoms with Crippen LogP contribution in [0.2, 0.25) is 0 Å². The summed E-state index contributed by atoms with van der Waals surface area (Å²) in [5.41, 5.74) is 7.74. The number of aromatic nitrogens is 2. The second-order valence-electron chi connectivity index (χ2n) is 10.1. The number of rotatable bonds is 8. The van der Waals surface area contributed by atoms with Crippen LogP contribution in [-0.4, -0.2) is 59.8 Å². The van der Waals surface area contributed by atoms with Crippen molar-refractivity contribution >= 4 is 11.9 Å². The van der Waals surface area contributed by atoms with E-state index in [1.54, 1.807) is 0 Å². The number of aryl methyl sites for hydroxylation is 1. The van der Waals surface area contributed by atoms with Crippen LogP contribution in [-0.2, 0) is 0 Å². The van der Waals surface area contributed by atoms with Crippen LogP contribution in [0.1, 0.15) is 80.0 Å². The van der Waals surface area contributed by atoms with Crippen LogP contribution in [0.5, 0.6) is 5.75 Å². The normalized spacial score (nSPS) is 19.6. The third kappa shape index (κ3) is 6.09. The van der Waals surface area contributed by atoms with Crippen LogP contribution in [0.4, 0.5) is 6.01 Å². The van der Waals surface area contributed by atoms with Crippen molar-refractivity contribution in [2.24, 2.45) is 11.7 Å². The first-order chi connectivity index (χ1) is 16.4. The summed E-state index contributed by atoms with van der Waals surface area (Å²) >= 11 is 0. The number of amides is 1. The molecular formula is C26H39N5O3. The Morgan fingerprint density at radius 2 is 2.03 bits per heavy atom. The Balaban J connectivity index is 1.18. The fourth-order valence-corrected chi connectivity index (χ4v) is 4.90. The van der Waals surface area contributed by atoms with Gasteiger partial charge in [-0.2, -0.15) is 4.98 Å². The highest BCUT2D eigenvalue weighted by Gasteiger charge is 2.24. The third-order valence-corrected chi connectivity index (χ3v) is 7.03. The van der Waals surface area contributed by atoms with Crippen molar-refractivity contribution in [1.82, 2.24) is 15.0 Å². The second-order valence-corrected chi connectivity index (χ2v) is 10.1. The minimum atomic E-state index is 0.0755. The summed E-state index contributed by atoms with van der Waals surface area (Å²) < 4.78 is 11.4. The van der Waals surface area contributed by atoms with Gasteiger partial charge in [-0.05, 0) is 75.1 Å². The molecule has 8 nitrogen and oxygen atoms in total. The van der Waals surface area contributed by atoms with Gasteiger partial charge in [0.1, 0.15) is 5.75 Å². The zero-order chi connectivity index (χ0) is 24.1. The van der Waals surface area contributed by atoms with Crippen LogP contribution in [0.25, 0.3) is 0 Å². The van der Waals surface area contributed by atoms with Gasteiger partial charge in [0.15, 0.2) is 5.82 Å². The molecule has 34 heavy (non-hydrogen) atoms. The molecule has 0 aliphatic carbocycles. The fourth-order valence-electron chi connectivity index (χ4n) is 4.90. The predicted octanol–water partition coefficient (Wildman–Crippen LogP) is 4.14. The number of piperidine rings is 2. The Morgan fingerprint density at radius 1 is 1.24 bits per heavy atom. The topological polar surface area (TPSA) is 97.7 Å². The molecule has 3 heterocycles. The zero-order valence-electron chi connectivity index (χ0n) is 20.8. The number of likely N-dealkylation sites (tertiary alicyclic amines) is 1. The standard InChI is InChI=1S/C26H39N5O3/c1-18(2)24-28-26(34-29-24)30-13-10-20(11-14-30)6-5-15-33-22-8-9-23(19(3)16-22)25(32)31-12-4-7-21(27)17-31/h8-9,16,18,20-21H,4-7,10-15,17,27H2,1-3H3/t21-/m0/s1. The molecule has 8 heteroatoms. The molecule has 2 N–H and O–H groups in total. The number of ether oxygens (including phenoxy) is 1. The number of carbonyl (C=O) groups is 1. The van der Waals surface area contributed by atoms with Crippen LogP contribution >= 0.6 is 0 Å². The fraction of sp³-hybridized carbons (Fsp3) is 0.654. The maximum atomic E-state index is 12.9. The summed E-state index contributed by atoms with van der Waals surface area (Å²) in [6.07, 6.45) is 6.41. The highest BCUT2D eigenvalue weighted by atomic mass is 16.5. The molecule has 2 aliphatic heterocycles. The molecule has 186 valence electrons. The molecule has 1 amide bonds. The number of hydrogen-bond acceptors (Lipinski definition) is 7. The Hall–Kier alpha value is -2.61. The monoisotopic (exact) mass is 469 g/mol. The van der Waals surface area contributed by atoms with E-state index in [1.807, 2.05) is 30.0 Å². The van der Waals surface area contributed by atoms with Gasteiger partial charge in [0.05, 0.1) is 6.61 Å². The van der Waals surface area contributed by atoms with E-state index in [-0.39, 0.29) is 17.9 Å². The first-order valence-corrected chi connectivity index (χ1v) is 12.8. The number of benzene rings is 1. The van der Waals surface area contributed by atoms with Gasteiger partial charge in [-0.25, -0.2) is 0 Å². The molecule has 2 aliphatic rings. The number of carbonyl (C=O) groups excluding carboxylic acids is 1. The molecule has 1 aromatic heterocycles. The lowest BCUT2D eigenvalue weighted by molar-refractivity contribution is 0.0708. The van der Waals surface area contributed by atoms with E-state index in [1.165, 1.54) is 0 Å². The average Bonchev–Trinajstić information content (AvgIpc) is 3.33. The molecule has 0 spiro atoms. The largest absolute Gasteiger partial charge is 0.494 e. The maximum Gasteiger partial charge on any atom is 0.324 e. The van der Waals surface area contributed by atoms with Crippen LogP contribution in [0.15, 0.2) is 22.7 Å². The van der Waals surface area contributed by atoms with Gasteiger partial charge in [-0.1, -0.05) is 19.0 Å². The smallest absolute Gasteiger partial charge is 0.324 e. The van der Waals surface area contributed by atoms with E-state index in [2.05, 4.69) is 28.9 Å². The first-order valence-electron chi connectivity index (χ1n) is 12.8. The van der Waals surface area contributed by atoms with Crippen molar-refractivity contribution in [2.75, 3.05) is 37.7 Å². The first kappa shape index (κ1) is 24.5. The van der Waals surface area contributed by atoms with E-state index in [0.29, 0.717) is 25.1 Å². The molecule has 0 radical (unpaired) electrons. The number of nitrogens with two attached hydrogens (primary N) is 1. The predicted molar refractivity (Wildman–Crippen MR) is 132 cm³/mol. The second kappa shape index (κ2) is 11.2. The summed E-state index contributed by atoms with van der Waals surface area (Å²) in [7, 11) is 0. The molecule has 2 aromatic rings. The van der Waals surface area contributed by atoms with Crippen molar-refractivity contribution in [2.45, 2.75) is 71.3 Å². The van der Waals surface area contributed by atoms with Gasteiger partial charge in [0.25, 0.3) is 5.91 Å². The molecular weight excluding hydrogens is 430 g/mol. The quantitative estimate of drug-likeness (QED) is 0.580. The number of nitrogens with zero attached hydrogens (tertiary/aromatic N) is 4. The van der Waals surface area contributed by atoms with Gasteiger partial charge < -0.3 is 24.8 Å². The van der Waals surface area contributed by atoms with E-state index in [0.717, 1.165) is 80.9 Å². The minimum absolute atomic E-state index is 0.0755. The Bertz CT molecular complexity index is 952. The molecule has 0 bridgehead atoms. The van der Waals surface area contributed by atoms with Crippen molar-refractivity contribution in [3.05, 3.63) is 35.2 Å². The molecule has 0 saturated carbocycles. The summed E-state index contributed by atoms with van der Waals surface area (Å²) in [4.78, 5) is 21.5. The van der Waals surface area contributed by atoms with Gasteiger partial charge in [-0.15, -0.1) is 0 Å². The highest BCUT2D eigenvalue weighted by Crippen LogP contribution is 2.26. The van der Waals surface area contributed by atoms with Gasteiger partial charge in [-0.3, -0.25) is 4.79 Å². The van der Waals surface area contributed by atoms with Crippen LogP contribution in [0, 0.1) is 12.8 Å². The van der Waals surface area contributed by atoms with Crippen molar-refractivity contribution in [3.8, 4) is 5.75 Å². The van der Waals surface area contributed by atoms with Crippen molar-refractivity contribution in [1.29, 1.82) is 0 Å². The SMILES string of the molecule is Cc1cc(OCCCC2CCN(c3nc(C(C)C)no3)CC2)ccc1C(=O)N1CCC[C@H](N)C1. The molecule has 0 unspecified atom stereocenters. The minimum Gasteiger partial charge on any atom is -0.494 e. The van der Waals surface area contributed by atoms with Gasteiger partial charge in [0.2, 0.25) is 0 Å². The lowest BCUT2D eigenvalue weighted by Gasteiger charge is -2.31. The van der Waals surface area contributed by atoms with Gasteiger partial charge in [0, 0.05) is 43.7 Å². The maximum absolute atomic E-state index is 12.9. The Morgan fingerprint density at radius 3 is 2.71 bits per heavy atom. The molecule has 1 aromatic carbocycles. The van der Waals surface area contributed by atoms with Crippen LogP contribution in [0.3, 0.4) is 0 Å². The zero-order valence-corrected chi connectivity index (χ0v) is 20.8. The van der Waals surface area contributed by atoms with Crippen molar-refractivity contribution in [3.63, 3.8) is 0 Å². The van der Waals surface area contributed by atoms with Crippen LogP contribution < -0.4 is 15.4 Å².